The molecule has 2 N–H and O–H groups in total. The number of aryl methyl sites for hydroxylation is 2. The molecule has 27 heavy (non-hydrogen) atoms. The number of amides is 2. The Kier molecular flexibility index (Phi) is 6.28. The van der Waals surface area contributed by atoms with Gasteiger partial charge in [-0.05, 0) is 67.6 Å². The highest BCUT2D eigenvalue weighted by atomic mass is 16.2. The molecule has 3 rings (SSSR count). The fourth-order valence-electron chi connectivity index (χ4n) is 3.72. The standard InChI is InChI=1S/C23H28N2O2/c1-16-12-17(2)14-21(13-16)25-23(27)20-10-8-18(9-11-20)15-24-22(26)19-6-4-3-5-7-19/h8-14,19H,3-7,15H2,1-2H3,(H,24,26)(H,25,27). The van der Waals surface area contributed by atoms with Crippen LogP contribution in [0.15, 0.2) is 42.5 Å². The van der Waals surface area contributed by atoms with Crippen molar-refractivity contribution in [2.24, 2.45) is 5.92 Å². The van der Waals surface area contributed by atoms with Crippen LogP contribution in [0.3, 0.4) is 0 Å². The van der Waals surface area contributed by atoms with Gasteiger partial charge < -0.3 is 10.6 Å². The van der Waals surface area contributed by atoms with Gasteiger partial charge in [-0.3, -0.25) is 9.59 Å². The van der Waals surface area contributed by atoms with E-state index in [1.165, 1.54) is 6.42 Å². The van der Waals surface area contributed by atoms with Crippen LogP contribution >= 0.6 is 0 Å². The zero-order valence-corrected chi connectivity index (χ0v) is 16.2. The van der Waals surface area contributed by atoms with Crippen molar-refractivity contribution in [2.45, 2.75) is 52.5 Å². The maximum Gasteiger partial charge on any atom is 0.255 e. The highest BCUT2D eigenvalue weighted by molar-refractivity contribution is 6.04. The molecule has 0 aliphatic heterocycles. The Morgan fingerprint density at radius 3 is 2.19 bits per heavy atom. The van der Waals surface area contributed by atoms with Gasteiger partial charge in [-0.2, -0.15) is 0 Å². The average molecular weight is 364 g/mol. The molecule has 0 bridgehead atoms. The Balaban J connectivity index is 1.54. The van der Waals surface area contributed by atoms with Crippen molar-refractivity contribution >= 4 is 17.5 Å². The maximum atomic E-state index is 12.4. The molecule has 0 radical (unpaired) electrons. The van der Waals surface area contributed by atoms with E-state index in [9.17, 15) is 9.59 Å². The number of carbonyl (C=O) groups excluding carboxylic acids is 2. The van der Waals surface area contributed by atoms with Crippen LogP contribution in [0, 0.1) is 19.8 Å². The summed E-state index contributed by atoms with van der Waals surface area (Å²) < 4.78 is 0. The second-order valence-electron chi connectivity index (χ2n) is 7.58. The van der Waals surface area contributed by atoms with Gasteiger partial charge in [-0.15, -0.1) is 0 Å². The third-order valence-electron chi connectivity index (χ3n) is 5.14. The molecule has 1 fully saturated rings. The van der Waals surface area contributed by atoms with Crippen molar-refractivity contribution in [1.82, 2.24) is 5.32 Å². The molecule has 0 saturated heterocycles. The Bertz CT molecular complexity index is 785. The van der Waals surface area contributed by atoms with Crippen LogP contribution in [0.25, 0.3) is 0 Å². The third-order valence-corrected chi connectivity index (χ3v) is 5.14. The summed E-state index contributed by atoms with van der Waals surface area (Å²) in [6.07, 6.45) is 5.56. The van der Waals surface area contributed by atoms with Gasteiger partial charge in [0.15, 0.2) is 0 Å². The Morgan fingerprint density at radius 2 is 1.56 bits per heavy atom. The number of nitrogens with one attached hydrogen (secondary N) is 2. The molecule has 1 aliphatic rings. The van der Waals surface area contributed by atoms with Gasteiger partial charge in [-0.1, -0.05) is 37.5 Å². The second-order valence-corrected chi connectivity index (χ2v) is 7.58. The Labute approximate surface area is 161 Å². The van der Waals surface area contributed by atoms with Crippen molar-refractivity contribution in [2.75, 3.05) is 5.32 Å². The summed E-state index contributed by atoms with van der Waals surface area (Å²) in [6.45, 7) is 4.53. The van der Waals surface area contributed by atoms with E-state index >= 15 is 0 Å². The molecule has 0 heterocycles. The molecule has 2 aromatic rings. The van der Waals surface area contributed by atoms with Crippen molar-refractivity contribution < 1.29 is 9.59 Å². The van der Waals surface area contributed by atoms with E-state index in [0.717, 1.165) is 48.1 Å². The van der Waals surface area contributed by atoms with E-state index < -0.39 is 0 Å². The predicted octanol–water partition coefficient (Wildman–Crippen LogP) is 4.75. The SMILES string of the molecule is Cc1cc(C)cc(NC(=O)c2ccc(CNC(=O)C3CCCCC3)cc2)c1. The van der Waals surface area contributed by atoms with Gasteiger partial charge in [0.05, 0.1) is 0 Å². The van der Waals surface area contributed by atoms with Crippen molar-refractivity contribution in [3.8, 4) is 0 Å². The average Bonchev–Trinajstić information content (AvgIpc) is 2.66. The first-order valence-corrected chi connectivity index (χ1v) is 9.77. The summed E-state index contributed by atoms with van der Waals surface area (Å²) in [5.74, 6) is 0.200. The van der Waals surface area contributed by atoms with Gasteiger partial charge in [0.25, 0.3) is 5.91 Å². The minimum absolute atomic E-state index is 0.127. The summed E-state index contributed by atoms with van der Waals surface area (Å²) in [4.78, 5) is 24.7. The van der Waals surface area contributed by atoms with Crippen LogP contribution in [0.1, 0.15) is 59.2 Å². The third kappa shape index (κ3) is 5.43. The van der Waals surface area contributed by atoms with Gasteiger partial charge in [-0.25, -0.2) is 0 Å². The van der Waals surface area contributed by atoms with Gasteiger partial charge >= 0.3 is 0 Å². The quantitative estimate of drug-likeness (QED) is 0.804. The molecule has 0 spiro atoms. The predicted molar refractivity (Wildman–Crippen MR) is 109 cm³/mol. The van der Waals surface area contributed by atoms with E-state index in [2.05, 4.69) is 16.7 Å². The van der Waals surface area contributed by atoms with Gasteiger partial charge in [0, 0.05) is 23.7 Å². The minimum Gasteiger partial charge on any atom is -0.352 e. The lowest BCUT2D eigenvalue weighted by Crippen LogP contribution is -2.31. The molecule has 0 atom stereocenters. The van der Waals surface area contributed by atoms with E-state index in [1.54, 1.807) is 12.1 Å². The first kappa shape index (κ1) is 19.2. The zero-order chi connectivity index (χ0) is 19.2. The number of benzene rings is 2. The summed E-state index contributed by atoms with van der Waals surface area (Å²) in [6, 6.07) is 13.4. The van der Waals surface area contributed by atoms with Crippen LogP contribution in [0.5, 0.6) is 0 Å². The van der Waals surface area contributed by atoms with Crippen molar-refractivity contribution in [3.63, 3.8) is 0 Å². The molecule has 1 saturated carbocycles. The largest absolute Gasteiger partial charge is 0.352 e. The lowest BCUT2D eigenvalue weighted by Gasteiger charge is -2.20. The normalized spacial score (nSPS) is 14.6. The lowest BCUT2D eigenvalue weighted by atomic mass is 9.88. The number of hydrogen-bond donors (Lipinski definition) is 2. The lowest BCUT2D eigenvalue weighted by molar-refractivity contribution is -0.126. The monoisotopic (exact) mass is 364 g/mol. The van der Waals surface area contributed by atoms with Crippen LogP contribution < -0.4 is 10.6 Å². The van der Waals surface area contributed by atoms with Crippen LogP contribution in [0.2, 0.25) is 0 Å². The van der Waals surface area contributed by atoms with Gasteiger partial charge in [0.1, 0.15) is 0 Å². The summed E-state index contributed by atoms with van der Waals surface area (Å²) in [5, 5.41) is 5.97. The molecule has 0 unspecified atom stereocenters. The minimum atomic E-state index is -0.127. The van der Waals surface area contributed by atoms with Crippen molar-refractivity contribution in [3.05, 3.63) is 64.7 Å². The van der Waals surface area contributed by atoms with E-state index in [0.29, 0.717) is 12.1 Å². The van der Waals surface area contributed by atoms with Crippen LogP contribution in [0.4, 0.5) is 5.69 Å². The molecular weight excluding hydrogens is 336 g/mol. The van der Waals surface area contributed by atoms with E-state index in [4.69, 9.17) is 0 Å². The highest BCUT2D eigenvalue weighted by Gasteiger charge is 2.20. The number of carbonyl (C=O) groups is 2. The Morgan fingerprint density at radius 1 is 0.926 bits per heavy atom. The highest BCUT2D eigenvalue weighted by Crippen LogP contribution is 2.23. The molecule has 1 aliphatic carbocycles. The summed E-state index contributed by atoms with van der Waals surface area (Å²) in [7, 11) is 0. The van der Waals surface area contributed by atoms with Crippen LogP contribution in [-0.4, -0.2) is 11.8 Å². The molecule has 2 aromatic carbocycles. The number of anilines is 1. The molecule has 2 amide bonds. The fraction of sp³-hybridized carbons (Fsp3) is 0.391. The maximum absolute atomic E-state index is 12.4. The molecular formula is C23H28N2O2. The molecule has 0 aromatic heterocycles. The molecule has 4 heteroatoms. The van der Waals surface area contributed by atoms with E-state index in [-0.39, 0.29) is 17.7 Å². The second kappa shape index (κ2) is 8.85. The number of rotatable bonds is 5. The van der Waals surface area contributed by atoms with Crippen molar-refractivity contribution in [1.29, 1.82) is 0 Å². The zero-order valence-electron chi connectivity index (χ0n) is 16.2. The molecule has 4 nitrogen and oxygen atoms in total. The number of hydrogen-bond acceptors (Lipinski definition) is 2. The first-order chi connectivity index (χ1) is 13.0. The fourth-order valence-corrected chi connectivity index (χ4v) is 3.72. The van der Waals surface area contributed by atoms with E-state index in [1.807, 2.05) is 38.1 Å². The molecule has 142 valence electrons. The first-order valence-electron chi connectivity index (χ1n) is 9.77. The van der Waals surface area contributed by atoms with Gasteiger partial charge in [0.2, 0.25) is 5.91 Å². The summed E-state index contributed by atoms with van der Waals surface area (Å²) in [5.41, 5.74) is 4.66. The Hall–Kier alpha value is -2.62. The van der Waals surface area contributed by atoms with Crippen LogP contribution in [-0.2, 0) is 11.3 Å². The summed E-state index contributed by atoms with van der Waals surface area (Å²) >= 11 is 0. The topological polar surface area (TPSA) is 58.2 Å². The smallest absolute Gasteiger partial charge is 0.255 e.